The Morgan fingerprint density at radius 3 is 2.82 bits per heavy atom. The maximum atomic E-state index is 13.3. The van der Waals surface area contributed by atoms with Crippen molar-refractivity contribution in [2.45, 2.75) is 11.4 Å². The third-order valence-electron chi connectivity index (χ3n) is 2.13. The molecule has 0 saturated carbocycles. The Kier molecular flexibility index (Phi) is 3.63. The summed E-state index contributed by atoms with van der Waals surface area (Å²) in [6.45, 7) is 0.624. The smallest absolute Gasteiger partial charge is 0.139 e. The van der Waals surface area contributed by atoms with Crippen LogP contribution in [0.4, 0.5) is 14.5 Å². The molecule has 17 heavy (non-hydrogen) atoms. The summed E-state index contributed by atoms with van der Waals surface area (Å²) in [6.07, 6.45) is 3.27. The van der Waals surface area contributed by atoms with Crippen molar-refractivity contribution < 1.29 is 8.78 Å². The van der Waals surface area contributed by atoms with E-state index in [1.807, 2.05) is 0 Å². The number of hydrogen-bond acceptors (Lipinski definition) is 3. The quantitative estimate of drug-likeness (QED) is 0.854. The highest BCUT2D eigenvalue weighted by atomic mass is 32.2. The molecule has 0 aliphatic rings. The highest BCUT2D eigenvalue weighted by Gasteiger charge is 2.04. The summed E-state index contributed by atoms with van der Waals surface area (Å²) in [7, 11) is 0. The highest BCUT2D eigenvalue weighted by Crippen LogP contribution is 2.22. The van der Waals surface area contributed by atoms with Crippen LogP contribution < -0.4 is 5.73 Å². The molecule has 0 spiro atoms. The normalized spacial score (nSPS) is 10.7. The molecule has 0 aliphatic heterocycles. The van der Waals surface area contributed by atoms with Crippen molar-refractivity contribution >= 4 is 17.4 Å². The predicted octanol–water partition coefficient (Wildman–Crippen LogP) is 2.54. The first-order chi connectivity index (χ1) is 8.15. The number of hydrogen-bond donors (Lipinski definition) is 1. The first-order valence-electron chi connectivity index (χ1n) is 5.01. The van der Waals surface area contributed by atoms with Gasteiger partial charge in [0.2, 0.25) is 0 Å². The molecule has 0 saturated heterocycles. The van der Waals surface area contributed by atoms with Gasteiger partial charge in [-0.05, 0) is 12.1 Å². The zero-order chi connectivity index (χ0) is 12.3. The van der Waals surface area contributed by atoms with E-state index in [4.69, 9.17) is 5.73 Å². The molecule has 2 aromatic rings. The van der Waals surface area contributed by atoms with Crippen LogP contribution in [0.5, 0.6) is 0 Å². The van der Waals surface area contributed by atoms with E-state index in [1.165, 1.54) is 23.9 Å². The van der Waals surface area contributed by atoms with Crippen LogP contribution in [-0.4, -0.2) is 15.5 Å². The van der Waals surface area contributed by atoms with E-state index in [0.717, 1.165) is 6.07 Å². The van der Waals surface area contributed by atoms with E-state index in [2.05, 4.69) is 5.10 Å². The van der Waals surface area contributed by atoms with E-state index < -0.39 is 11.6 Å². The molecule has 2 rings (SSSR count). The number of nitrogen functional groups attached to an aromatic ring is 1. The molecule has 6 heteroatoms. The van der Waals surface area contributed by atoms with Crippen LogP contribution in [0.3, 0.4) is 0 Å². The molecule has 3 nitrogen and oxygen atoms in total. The number of nitrogens with zero attached hydrogens (tertiary/aromatic N) is 2. The first kappa shape index (κ1) is 11.9. The molecule has 2 N–H and O–H groups in total. The maximum absolute atomic E-state index is 13.3. The Hall–Kier alpha value is -1.56. The minimum atomic E-state index is -0.563. The predicted molar refractivity (Wildman–Crippen MR) is 63.7 cm³/mol. The van der Waals surface area contributed by atoms with Crippen LogP contribution in [-0.2, 0) is 6.54 Å². The summed E-state index contributed by atoms with van der Waals surface area (Å²) in [6, 6.07) is 3.57. The number of aromatic nitrogens is 2. The second-order valence-corrected chi connectivity index (χ2v) is 4.60. The highest BCUT2D eigenvalue weighted by molar-refractivity contribution is 7.99. The van der Waals surface area contributed by atoms with Crippen LogP contribution in [0.2, 0.25) is 0 Å². The van der Waals surface area contributed by atoms with Crippen molar-refractivity contribution in [2.24, 2.45) is 0 Å². The average molecular weight is 255 g/mol. The Labute approximate surface area is 102 Å². The molecular formula is C11H11F2N3S. The second kappa shape index (κ2) is 5.18. The number of anilines is 1. The lowest BCUT2D eigenvalue weighted by molar-refractivity contribution is 0.565. The second-order valence-electron chi connectivity index (χ2n) is 3.46. The molecule has 1 aromatic carbocycles. The zero-order valence-electron chi connectivity index (χ0n) is 8.94. The van der Waals surface area contributed by atoms with Crippen LogP contribution >= 0.6 is 11.8 Å². The van der Waals surface area contributed by atoms with Gasteiger partial charge in [-0.3, -0.25) is 4.68 Å². The Bertz CT molecular complexity index is 513. The van der Waals surface area contributed by atoms with Gasteiger partial charge in [0.25, 0.3) is 0 Å². The number of benzene rings is 1. The summed E-state index contributed by atoms with van der Waals surface area (Å²) in [5.41, 5.74) is 6.11. The summed E-state index contributed by atoms with van der Waals surface area (Å²) < 4.78 is 27.6. The topological polar surface area (TPSA) is 43.8 Å². The molecule has 0 bridgehead atoms. The van der Waals surface area contributed by atoms with Gasteiger partial charge in [0.05, 0.1) is 18.4 Å². The molecule has 0 atom stereocenters. The van der Waals surface area contributed by atoms with E-state index in [0.29, 0.717) is 22.9 Å². The van der Waals surface area contributed by atoms with Gasteiger partial charge in [0, 0.05) is 22.9 Å². The molecule has 1 aromatic heterocycles. The number of aryl methyl sites for hydroxylation is 1. The minimum absolute atomic E-state index is 0.437. The van der Waals surface area contributed by atoms with Gasteiger partial charge in [-0.2, -0.15) is 5.10 Å². The van der Waals surface area contributed by atoms with Crippen LogP contribution in [0.25, 0.3) is 0 Å². The SMILES string of the molecule is Nc1cnn(CCSc2ccc(F)cc2F)c1. The largest absolute Gasteiger partial charge is 0.396 e. The average Bonchev–Trinajstić information content (AvgIpc) is 2.68. The number of thioether (sulfide) groups is 1. The van der Waals surface area contributed by atoms with Gasteiger partial charge in [0.15, 0.2) is 0 Å². The molecular weight excluding hydrogens is 244 g/mol. The van der Waals surface area contributed by atoms with Gasteiger partial charge < -0.3 is 5.73 Å². The van der Waals surface area contributed by atoms with Crippen LogP contribution in [0.1, 0.15) is 0 Å². The third kappa shape index (κ3) is 3.20. The maximum Gasteiger partial charge on any atom is 0.139 e. The lowest BCUT2D eigenvalue weighted by atomic mass is 10.3. The monoisotopic (exact) mass is 255 g/mol. The first-order valence-corrected chi connectivity index (χ1v) is 5.99. The van der Waals surface area contributed by atoms with Crippen molar-refractivity contribution in [3.63, 3.8) is 0 Å². The van der Waals surface area contributed by atoms with Crippen molar-refractivity contribution in [3.05, 3.63) is 42.2 Å². The molecule has 0 radical (unpaired) electrons. The molecule has 0 unspecified atom stereocenters. The van der Waals surface area contributed by atoms with Crippen molar-refractivity contribution in [1.29, 1.82) is 0 Å². The van der Waals surface area contributed by atoms with Crippen molar-refractivity contribution in [1.82, 2.24) is 9.78 Å². The Morgan fingerprint density at radius 1 is 1.35 bits per heavy atom. The van der Waals surface area contributed by atoms with Crippen LogP contribution in [0.15, 0.2) is 35.5 Å². The molecule has 90 valence electrons. The fraction of sp³-hybridized carbons (Fsp3) is 0.182. The summed E-state index contributed by atoms with van der Waals surface area (Å²) in [5.74, 6) is -0.453. The summed E-state index contributed by atoms with van der Waals surface area (Å²) >= 11 is 1.32. The van der Waals surface area contributed by atoms with Crippen molar-refractivity contribution in [2.75, 3.05) is 11.5 Å². The number of halogens is 2. The van der Waals surface area contributed by atoms with Gasteiger partial charge in [-0.25, -0.2) is 8.78 Å². The molecule has 1 heterocycles. The standard InChI is InChI=1S/C11H11F2N3S/c12-8-1-2-11(10(13)5-8)17-4-3-16-7-9(14)6-15-16/h1-2,5-7H,3-4,14H2. The van der Waals surface area contributed by atoms with Crippen LogP contribution in [0, 0.1) is 11.6 Å². The van der Waals surface area contributed by atoms with Crippen molar-refractivity contribution in [3.8, 4) is 0 Å². The lowest BCUT2D eigenvalue weighted by Crippen LogP contribution is -2.00. The number of rotatable bonds is 4. The van der Waals surface area contributed by atoms with Gasteiger partial charge in [-0.1, -0.05) is 0 Å². The van der Waals surface area contributed by atoms with Gasteiger partial charge in [0.1, 0.15) is 11.6 Å². The lowest BCUT2D eigenvalue weighted by Gasteiger charge is -2.03. The Morgan fingerprint density at radius 2 is 2.18 bits per heavy atom. The molecule has 0 aliphatic carbocycles. The third-order valence-corrected chi connectivity index (χ3v) is 3.15. The molecule has 0 fully saturated rings. The fourth-order valence-corrected chi connectivity index (χ4v) is 2.20. The fourth-order valence-electron chi connectivity index (χ4n) is 1.34. The van der Waals surface area contributed by atoms with E-state index in [-0.39, 0.29) is 0 Å². The van der Waals surface area contributed by atoms with E-state index in [1.54, 1.807) is 17.1 Å². The van der Waals surface area contributed by atoms with Gasteiger partial charge in [-0.15, -0.1) is 11.8 Å². The molecule has 0 amide bonds. The minimum Gasteiger partial charge on any atom is -0.396 e. The van der Waals surface area contributed by atoms with E-state index >= 15 is 0 Å². The van der Waals surface area contributed by atoms with E-state index in [9.17, 15) is 8.78 Å². The zero-order valence-corrected chi connectivity index (χ0v) is 9.75. The Balaban J connectivity index is 1.90. The summed E-state index contributed by atoms with van der Waals surface area (Å²) in [5, 5.41) is 4.01. The number of nitrogens with two attached hydrogens (primary N) is 1. The summed E-state index contributed by atoms with van der Waals surface area (Å²) in [4.78, 5) is 0.437. The van der Waals surface area contributed by atoms with Gasteiger partial charge >= 0.3 is 0 Å².